The van der Waals surface area contributed by atoms with E-state index in [0.29, 0.717) is 0 Å². The summed E-state index contributed by atoms with van der Waals surface area (Å²) in [5, 5.41) is 6.69. The van der Waals surface area contributed by atoms with Gasteiger partial charge in [-0.15, -0.1) is 6.58 Å². The summed E-state index contributed by atoms with van der Waals surface area (Å²) in [5.74, 6) is 2.27. The molecule has 2 N–H and O–H groups in total. The average Bonchev–Trinajstić information content (AvgIpc) is 1.93. The van der Waals surface area contributed by atoms with Crippen molar-refractivity contribution in [3.05, 3.63) is 12.7 Å². The molecule has 1 aliphatic rings. The fourth-order valence-corrected chi connectivity index (χ4v) is 1.53. The van der Waals surface area contributed by atoms with Gasteiger partial charge in [-0.05, 0) is 0 Å². The third kappa shape index (κ3) is 3.79. The Morgan fingerprint density at radius 1 is 1.64 bits per heavy atom. The number of hydrogen-bond acceptors (Lipinski definition) is 3. The molecule has 1 aliphatic heterocycles. The Hall–Kier alpha value is 0.01000. The van der Waals surface area contributed by atoms with Crippen LogP contribution < -0.4 is 10.6 Å². The van der Waals surface area contributed by atoms with Gasteiger partial charge in [0.25, 0.3) is 0 Å². The highest BCUT2D eigenvalue weighted by atomic mass is 32.2. The summed E-state index contributed by atoms with van der Waals surface area (Å²) in [6.07, 6.45) is 1.95. The molecule has 0 amide bonds. The van der Waals surface area contributed by atoms with Crippen LogP contribution in [0.5, 0.6) is 0 Å². The Labute approximate surface area is 72.8 Å². The quantitative estimate of drug-likeness (QED) is 0.450. The van der Waals surface area contributed by atoms with Crippen molar-refractivity contribution in [2.24, 2.45) is 0 Å². The van der Waals surface area contributed by atoms with E-state index in [0.717, 1.165) is 31.4 Å². The van der Waals surface area contributed by atoms with Crippen LogP contribution in [0.25, 0.3) is 0 Å². The van der Waals surface area contributed by atoms with E-state index in [9.17, 15) is 0 Å². The summed E-state index contributed by atoms with van der Waals surface area (Å²) in [7, 11) is 0. The van der Waals surface area contributed by atoms with Gasteiger partial charge in [0.15, 0.2) is 0 Å². The first-order valence-corrected chi connectivity index (χ1v) is 5.21. The predicted octanol–water partition coefficient (Wildman–Crippen LogP) is 0.467. The minimum absolute atomic E-state index is 0.735. The Morgan fingerprint density at radius 2 is 2.45 bits per heavy atom. The largest absolute Gasteiger partial charge is 0.314 e. The molecule has 11 heavy (non-hydrogen) atoms. The van der Waals surface area contributed by atoms with Crippen LogP contribution in [0.4, 0.5) is 0 Å². The normalized spacial score (nSPS) is 17.8. The summed E-state index contributed by atoms with van der Waals surface area (Å²) in [6.45, 7) is 7.09. The third-order valence-electron chi connectivity index (χ3n) is 1.70. The Morgan fingerprint density at radius 3 is 3.00 bits per heavy atom. The zero-order valence-corrected chi connectivity index (χ0v) is 7.62. The Kier molecular flexibility index (Phi) is 4.66. The minimum Gasteiger partial charge on any atom is -0.314 e. The SMILES string of the molecule is C=CCSCCNC1CNC1. The molecule has 0 atom stereocenters. The smallest absolute Gasteiger partial charge is 0.0317 e. The average molecular weight is 172 g/mol. The molecule has 0 aromatic heterocycles. The summed E-state index contributed by atoms with van der Waals surface area (Å²) in [4.78, 5) is 0. The lowest BCUT2D eigenvalue weighted by atomic mass is 10.2. The van der Waals surface area contributed by atoms with Crippen LogP contribution in [-0.4, -0.2) is 37.2 Å². The summed E-state index contributed by atoms with van der Waals surface area (Å²) >= 11 is 1.93. The summed E-state index contributed by atoms with van der Waals surface area (Å²) < 4.78 is 0. The van der Waals surface area contributed by atoms with E-state index in [1.807, 2.05) is 17.8 Å². The van der Waals surface area contributed by atoms with E-state index >= 15 is 0 Å². The maximum Gasteiger partial charge on any atom is 0.0317 e. The predicted molar refractivity (Wildman–Crippen MR) is 52.2 cm³/mol. The van der Waals surface area contributed by atoms with Crippen LogP contribution in [0.2, 0.25) is 0 Å². The molecule has 1 saturated heterocycles. The van der Waals surface area contributed by atoms with Gasteiger partial charge in [-0.3, -0.25) is 0 Å². The number of rotatable bonds is 6. The highest BCUT2D eigenvalue weighted by Crippen LogP contribution is 1.98. The number of thioether (sulfide) groups is 1. The van der Waals surface area contributed by atoms with Gasteiger partial charge in [-0.1, -0.05) is 6.08 Å². The van der Waals surface area contributed by atoms with Crippen LogP contribution >= 0.6 is 11.8 Å². The van der Waals surface area contributed by atoms with Crippen LogP contribution in [0.1, 0.15) is 0 Å². The molecule has 0 spiro atoms. The Balaban J connectivity index is 1.76. The van der Waals surface area contributed by atoms with Crippen LogP contribution in [0.3, 0.4) is 0 Å². The highest BCUT2D eigenvalue weighted by Gasteiger charge is 2.14. The molecule has 0 radical (unpaired) electrons. The van der Waals surface area contributed by atoms with Gasteiger partial charge < -0.3 is 10.6 Å². The molecule has 0 aromatic carbocycles. The summed E-state index contributed by atoms with van der Waals surface area (Å²) in [6, 6.07) is 0.735. The third-order valence-corrected chi connectivity index (χ3v) is 2.66. The van der Waals surface area contributed by atoms with Gasteiger partial charge in [-0.25, -0.2) is 0 Å². The van der Waals surface area contributed by atoms with E-state index in [4.69, 9.17) is 0 Å². The minimum atomic E-state index is 0.735. The monoisotopic (exact) mass is 172 g/mol. The zero-order chi connectivity index (χ0) is 7.94. The standard InChI is InChI=1S/C8H16N2S/c1-2-4-11-5-3-10-8-6-9-7-8/h2,8-10H,1,3-7H2. The molecule has 0 aliphatic carbocycles. The molecular weight excluding hydrogens is 156 g/mol. The lowest BCUT2D eigenvalue weighted by Gasteiger charge is -2.27. The van der Waals surface area contributed by atoms with Crippen LogP contribution in [0.15, 0.2) is 12.7 Å². The van der Waals surface area contributed by atoms with Crippen LogP contribution in [-0.2, 0) is 0 Å². The molecule has 1 heterocycles. The van der Waals surface area contributed by atoms with Crippen molar-refractivity contribution in [3.63, 3.8) is 0 Å². The van der Waals surface area contributed by atoms with Crippen molar-refractivity contribution in [1.29, 1.82) is 0 Å². The lowest BCUT2D eigenvalue weighted by Crippen LogP contribution is -2.55. The van der Waals surface area contributed by atoms with Gasteiger partial charge in [0, 0.05) is 37.2 Å². The highest BCUT2D eigenvalue weighted by molar-refractivity contribution is 7.99. The number of hydrogen-bond donors (Lipinski definition) is 2. The topological polar surface area (TPSA) is 24.1 Å². The van der Waals surface area contributed by atoms with Crippen molar-refractivity contribution in [2.75, 3.05) is 31.1 Å². The van der Waals surface area contributed by atoms with E-state index in [1.165, 1.54) is 5.75 Å². The van der Waals surface area contributed by atoms with Gasteiger partial charge in [0.2, 0.25) is 0 Å². The molecule has 0 saturated carbocycles. The Bertz CT molecular complexity index is 113. The first kappa shape index (κ1) is 9.10. The van der Waals surface area contributed by atoms with Crippen molar-refractivity contribution >= 4 is 11.8 Å². The molecule has 64 valence electrons. The molecule has 2 nitrogen and oxygen atoms in total. The zero-order valence-electron chi connectivity index (χ0n) is 6.81. The van der Waals surface area contributed by atoms with Gasteiger partial charge in [0.1, 0.15) is 0 Å². The second-order valence-corrected chi connectivity index (χ2v) is 3.82. The molecule has 3 heteroatoms. The fourth-order valence-electron chi connectivity index (χ4n) is 0.935. The second-order valence-electron chi connectivity index (χ2n) is 2.67. The molecule has 0 bridgehead atoms. The first-order chi connectivity index (χ1) is 5.43. The van der Waals surface area contributed by atoms with Gasteiger partial charge in [0.05, 0.1) is 0 Å². The van der Waals surface area contributed by atoms with Crippen molar-refractivity contribution in [2.45, 2.75) is 6.04 Å². The summed E-state index contributed by atoms with van der Waals surface area (Å²) in [5.41, 5.74) is 0. The van der Waals surface area contributed by atoms with Gasteiger partial charge in [-0.2, -0.15) is 11.8 Å². The van der Waals surface area contributed by atoms with Crippen molar-refractivity contribution in [3.8, 4) is 0 Å². The molecule has 0 unspecified atom stereocenters. The van der Waals surface area contributed by atoms with E-state index in [2.05, 4.69) is 17.2 Å². The fraction of sp³-hybridized carbons (Fsp3) is 0.750. The van der Waals surface area contributed by atoms with Crippen molar-refractivity contribution < 1.29 is 0 Å². The molecular formula is C8H16N2S. The van der Waals surface area contributed by atoms with Crippen molar-refractivity contribution in [1.82, 2.24) is 10.6 Å². The molecule has 1 rings (SSSR count). The van der Waals surface area contributed by atoms with Gasteiger partial charge >= 0.3 is 0 Å². The van der Waals surface area contributed by atoms with E-state index < -0.39 is 0 Å². The number of nitrogens with one attached hydrogen (secondary N) is 2. The second kappa shape index (κ2) is 5.63. The molecule has 0 aromatic rings. The van der Waals surface area contributed by atoms with E-state index in [1.54, 1.807) is 0 Å². The maximum atomic E-state index is 3.67. The first-order valence-electron chi connectivity index (χ1n) is 4.06. The molecule has 1 fully saturated rings. The van der Waals surface area contributed by atoms with Crippen LogP contribution in [0, 0.1) is 0 Å². The maximum absolute atomic E-state index is 3.67. The lowest BCUT2D eigenvalue weighted by molar-refractivity contribution is 0.375. The van der Waals surface area contributed by atoms with E-state index in [-0.39, 0.29) is 0 Å².